The summed E-state index contributed by atoms with van der Waals surface area (Å²) in [6.45, 7) is 1.70. The molecule has 1 N–H and O–H groups in total. The standard InChI is InChI=1S/C13H23N3O2/c1-14-12(17)10-6-3-4-9-16(10)13(18)11-7-5-8-15(11)2/h10-11H,3-9H2,1-2H3,(H,14,17). The highest BCUT2D eigenvalue weighted by atomic mass is 16.2. The Bertz CT molecular complexity index is 332. The van der Waals surface area contributed by atoms with E-state index in [0.29, 0.717) is 0 Å². The van der Waals surface area contributed by atoms with Crippen LogP contribution in [0.2, 0.25) is 0 Å². The molecule has 2 heterocycles. The van der Waals surface area contributed by atoms with Gasteiger partial charge in [-0.1, -0.05) is 0 Å². The molecule has 2 unspecified atom stereocenters. The first-order chi connectivity index (χ1) is 8.65. The predicted molar refractivity (Wildman–Crippen MR) is 69.1 cm³/mol. The molecule has 0 aromatic rings. The van der Waals surface area contributed by atoms with Crippen molar-refractivity contribution in [3.05, 3.63) is 0 Å². The number of hydrogen-bond donors (Lipinski definition) is 1. The van der Waals surface area contributed by atoms with Gasteiger partial charge in [0.25, 0.3) is 0 Å². The molecule has 2 rings (SSSR count). The Labute approximate surface area is 108 Å². The zero-order valence-electron chi connectivity index (χ0n) is 11.3. The van der Waals surface area contributed by atoms with Crippen molar-refractivity contribution in [2.24, 2.45) is 0 Å². The Kier molecular flexibility index (Phi) is 4.22. The molecule has 0 saturated carbocycles. The fraction of sp³-hybridized carbons (Fsp3) is 0.846. The first-order valence-electron chi connectivity index (χ1n) is 6.87. The topological polar surface area (TPSA) is 52.7 Å². The van der Waals surface area contributed by atoms with E-state index in [9.17, 15) is 9.59 Å². The summed E-state index contributed by atoms with van der Waals surface area (Å²) in [5.41, 5.74) is 0. The van der Waals surface area contributed by atoms with Crippen LogP contribution in [0.15, 0.2) is 0 Å². The molecule has 0 spiro atoms. The van der Waals surface area contributed by atoms with Crippen molar-refractivity contribution in [2.75, 3.05) is 27.2 Å². The number of likely N-dealkylation sites (tertiary alicyclic amines) is 2. The minimum absolute atomic E-state index is 0.0183. The van der Waals surface area contributed by atoms with Gasteiger partial charge in [0.2, 0.25) is 11.8 Å². The lowest BCUT2D eigenvalue weighted by molar-refractivity contribution is -0.145. The minimum atomic E-state index is -0.259. The Morgan fingerprint density at radius 1 is 1.06 bits per heavy atom. The van der Waals surface area contributed by atoms with Gasteiger partial charge in [0, 0.05) is 13.6 Å². The average Bonchev–Trinajstić information content (AvgIpc) is 2.83. The maximum Gasteiger partial charge on any atom is 0.242 e. The van der Waals surface area contributed by atoms with Gasteiger partial charge in [-0.2, -0.15) is 0 Å². The van der Waals surface area contributed by atoms with Crippen molar-refractivity contribution in [1.82, 2.24) is 15.1 Å². The molecule has 2 aliphatic rings. The Balaban J connectivity index is 2.08. The summed E-state index contributed by atoms with van der Waals surface area (Å²) < 4.78 is 0. The zero-order chi connectivity index (χ0) is 13.1. The van der Waals surface area contributed by atoms with Crippen molar-refractivity contribution < 1.29 is 9.59 Å². The second-order valence-corrected chi connectivity index (χ2v) is 5.30. The minimum Gasteiger partial charge on any atom is -0.357 e. The lowest BCUT2D eigenvalue weighted by Gasteiger charge is -2.37. The Morgan fingerprint density at radius 2 is 1.78 bits per heavy atom. The zero-order valence-corrected chi connectivity index (χ0v) is 11.3. The number of nitrogens with one attached hydrogen (secondary N) is 1. The van der Waals surface area contributed by atoms with Crippen molar-refractivity contribution >= 4 is 11.8 Å². The van der Waals surface area contributed by atoms with Crippen LogP contribution in [0.4, 0.5) is 0 Å². The fourth-order valence-electron chi connectivity index (χ4n) is 3.05. The van der Waals surface area contributed by atoms with Gasteiger partial charge in [-0.05, 0) is 45.7 Å². The summed E-state index contributed by atoms with van der Waals surface area (Å²) >= 11 is 0. The van der Waals surface area contributed by atoms with Crippen LogP contribution in [0.5, 0.6) is 0 Å². The van der Waals surface area contributed by atoms with Gasteiger partial charge in [0.05, 0.1) is 6.04 Å². The van der Waals surface area contributed by atoms with Crippen molar-refractivity contribution in [3.8, 4) is 0 Å². The monoisotopic (exact) mass is 253 g/mol. The van der Waals surface area contributed by atoms with E-state index in [1.807, 2.05) is 7.05 Å². The lowest BCUT2D eigenvalue weighted by Crippen LogP contribution is -2.55. The first-order valence-corrected chi connectivity index (χ1v) is 6.87. The number of amides is 2. The molecule has 5 nitrogen and oxygen atoms in total. The molecule has 2 fully saturated rings. The SMILES string of the molecule is CNC(=O)C1CCCCN1C(=O)C1CCCN1C. The summed E-state index contributed by atoms with van der Waals surface area (Å²) in [5, 5.41) is 2.67. The maximum atomic E-state index is 12.5. The number of likely N-dealkylation sites (N-methyl/N-ethyl adjacent to an activating group) is 2. The number of hydrogen-bond acceptors (Lipinski definition) is 3. The highest BCUT2D eigenvalue weighted by Crippen LogP contribution is 2.23. The smallest absolute Gasteiger partial charge is 0.242 e. The van der Waals surface area contributed by atoms with Gasteiger partial charge in [-0.15, -0.1) is 0 Å². The normalized spacial score (nSPS) is 29.3. The van der Waals surface area contributed by atoms with Gasteiger partial charge < -0.3 is 10.2 Å². The molecule has 0 radical (unpaired) electrons. The molecule has 2 aliphatic heterocycles. The largest absolute Gasteiger partial charge is 0.357 e. The van der Waals surface area contributed by atoms with Crippen LogP contribution in [0.3, 0.4) is 0 Å². The Morgan fingerprint density at radius 3 is 2.39 bits per heavy atom. The van der Waals surface area contributed by atoms with E-state index in [2.05, 4.69) is 10.2 Å². The molecule has 102 valence electrons. The first kappa shape index (κ1) is 13.3. The van der Waals surface area contributed by atoms with E-state index in [1.54, 1.807) is 11.9 Å². The van der Waals surface area contributed by atoms with E-state index in [4.69, 9.17) is 0 Å². The van der Waals surface area contributed by atoms with Crippen LogP contribution in [0.1, 0.15) is 32.1 Å². The third-order valence-corrected chi connectivity index (χ3v) is 4.14. The molecular formula is C13H23N3O2. The highest BCUT2D eigenvalue weighted by Gasteiger charge is 2.37. The summed E-state index contributed by atoms with van der Waals surface area (Å²) in [7, 11) is 3.63. The van der Waals surface area contributed by atoms with Gasteiger partial charge in [0.1, 0.15) is 6.04 Å². The van der Waals surface area contributed by atoms with Crippen molar-refractivity contribution in [3.63, 3.8) is 0 Å². The fourth-order valence-corrected chi connectivity index (χ4v) is 3.05. The molecule has 0 aromatic carbocycles. The summed E-state index contributed by atoms with van der Waals surface area (Å²) in [6.07, 6.45) is 4.83. The van der Waals surface area contributed by atoms with Crippen molar-refractivity contribution in [1.29, 1.82) is 0 Å². The molecule has 2 saturated heterocycles. The summed E-state index contributed by atoms with van der Waals surface area (Å²) in [4.78, 5) is 28.3. The van der Waals surface area contributed by atoms with Crippen LogP contribution >= 0.6 is 0 Å². The second-order valence-electron chi connectivity index (χ2n) is 5.30. The van der Waals surface area contributed by atoms with Crippen LogP contribution in [-0.4, -0.2) is 60.9 Å². The molecule has 0 aromatic heterocycles. The maximum absolute atomic E-state index is 12.5. The van der Waals surface area contributed by atoms with E-state index >= 15 is 0 Å². The molecule has 5 heteroatoms. The van der Waals surface area contributed by atoms with Crippen LogP contribution in [-0.2, 0) is 9.59 Å². The number of rotatable bonds is 2. The molecule has 2 amide bonds. The summed E-state index contributed by atoms with van der Waals surface area (Å²) in [6, 6.07) is -0.277. The lowest BCUT2D eigenvalue weighted by atomic mass is 10.00. The number of piperidine rings is 1. The molecule has 0 bridgehead atoms. The van der Waals surface area contributed by atoms with Crippen LogP contribution < -0.4 is 5.32 Å². The number of nitrogens with zero attached hydrogens (tertiary/aromatic N) is 2. The second kappa shape index (κ2) is 5.69. The molecular weight excluding hydrogens is 230 g/mol. The van der Waals surface area contributed by atoms with Gasteiger partial charge in [-0.25, -0.2) is 0 Å². The molecule has 0 aliphatic carbocycles. The highest BCUT2D eigenvalue weighted by molar-refractivity contribution is 5.90. The predicted octanol–water partition coefficient (Wildman–Crippen LogP) is 0.208. The number of carbonyl (C=O) groups excluding carboxylic acids is 2. The third kappa shape index (κ3) is 2.51. The third-order valence-electron chi connectivity index (χ3n) is 4.14. The quantitative estimate of drug-likeness (QED) is 0.765. The van der Waals surface area contributed by atoms with E-state index in [-0.39, 0.29) is 23.9 Å². The summed E-state index contributed by atoms with van der Waals surface area (Å²) in [5.74, 6) is 0.118. The Hall–Kier alpha value is -1.10. The van der Waals surface area contributed by atoms with Gasteiger partial charge >= 0.3 is 0 Å². The van der Waals surface area contributed by atoms with E-state index < -0.39 is 0 Å². The molecule has 18 heavy (non-hydrogen) atoms. The van der Waals surface area contributed by atoms with Crippen molar-refractivity contribution in [2.45, 2.75) is 44.2 Å². The van der Waals surface area contributed by atoms with Gasteiger partial charge in [-0.3, -0.25) is 14.5 Å². The van der Waals surface area contributed by atoms with E-state index in [0.717, 1.165) is 45.2 Å². The van der Waals surface area contributed by atoms with Crippen LogP contribution in [0, 0.1) is 0 Å². The van der Waals surface area contributed by atoms with E-state index in [1.165, 1.54) is 0 Å². The van der Waals surface area contributed by atoms with Gasteiger partial charge in [0.15, 0.2) is 0 Å². The molecule has 2 atom stereocenters. The number of carbonyl (C=O) groups is 2. The average molecular weight is 253 g/mol. The van der Waals surface area contributed by atoms with Crippen LogP contribution in [0.25, 0.3) is 0 Å².